The Morgan fingerprint density at radius 1 is 0.931 bits per heavy atom. The zero-order chi connectivity index (χ0) is 19.9. The van der Waals surface area contributed by atoms with E-state index in [9.17, 15) is 4.79 Å². The van der Waals surface area contributed by atoms with Crippen LogP contribution in [0, 0.1) is 0 Å². The van der Waals surface area contributed by atoms with Gasteiger partial charge in [-0.1, -0.05) is 30.7 Å². The molecule has 0 atom stereocenters. The Morgan fingerprint density at radius 2 is 1.66 bits per heavy atom. The summed E-state index contributed by atoms with van der Waals surface area (Å²) in [6.07, 6.45) is 3.99. The van der Waals surface area contributed by atoms with E-state index in [-0.39, 0.29) is 5.91 Å². The number of nitrogens with one attached hydrogen (secondary N) is 1. The van der Waals surface area contributed by atoms with Crippen LogP contribution in [0.5, 0.6) is 11.5 Å². The summed E-state index contributed by atoms with van der Waals surface area (Å²) < 4.78 is 11.1. The highest BCUT2D eigenvalue weighted by molar-refractivity contribution is 8.00. The number of likely N-dealkylation sites (tertiary alicyclic amines) is 1. The van der Waals surface area contributed by atoms with Crippen molar-refractivity contribution in [3.8, 4) is 11.5 Å². The average Bonchev–Trinajstić information content (AvgIpc) is 2.78. The lowest BCUT2D eigenvalue weighted by Crippen LogP contribution is -2.29. The lowest BCUT2D eigenvalue weighted by molar-refractivity contribution is -0.118. The summed E-state index contributed by atoms with van der Waals surface area (Å²) >= 11 is 1.51. The Bertz CT molecular complexity index is 819. The van der Waals surface area contributed by atoms with Crippen molar-refractivity contribution in [1.82, 2.24) is 10.2 Å². The van der Waals surface area contributed by atoms with Gasteiger partial charge in [0.15, 0.2) is 11.5 Å². The highest BCUT2D eigenvalue weighted by Gasteiger charge is 2.13. The molecule has 1 fully saturated rings. The summed E-state index contributed by atoms with van der Waals surface area (Å²) in [5, 5.41) is 3.01. The number of carbonyl (C=O) groups is 1. The fourth-order valence-electron chi connectivity index (χ4n) is 3.65. The number of piperidine rings is 1. The molecule has 2 aliphatic heterocycles. The van der Waals surface area contributed by atoms with Crippen LogP contribution in [0.2, 0.25) is 0 Å². The molecule has 154 valence electrons. The summed E-state index contributed by atoms with van der Waals surface area (Å²) in [7, 11) is 0. The Balaban J connectivity index is 1.20. The number of nitrogens with zero attached hydrogens (tertiary/aromatic N) is 1. The number of hydrogen-bond acceptors (Lipinski definition) is 5. The number of thioether (sulfide) groups is 1. The van der Waals surface area contributed by atoms with E-state index in [4.69, 9.17) is 9.47 Å². The van der Waals surface area contributed by atoms with Gasteiger partial charge in [0.25, 0.3) is 0 Å². The second-order valence-electron chi connectivity index (χ2n) is 7.52. The van der Waals surface area contributed by atoms with Gasteiger partial charge < -0.3 is 14.8 Å². The van der Waals surface area contributed by atoms with E-state index >= 15 is 0 Å². The molecule has 0 radical (unpaired) electrons. The maximum Gasteiger partial charge on any atom is 0.230 e. The van der Waals surface area contributed by atoms with E-state index in [0.29, 0.717) is 25.5 Å². The van der Waals surface area contributed by atoms with Crippen LogP contribution in [0.4, 0.5) is 0 Å². The quantitative estimate of drug-likeness (QED) is 0.700. The third-order valence-corrected chi connectivity index (χ3v) is 6.24. The summed E-state index contributed by atoms with van der Waals surface area (Å²) in [6.45, 7) is 5.15. The molecule has 6 heteroatoms. The van der Waals surface area contributed by atoms with Crippen LogP contribution in [-0.4, -0.2) is 42.9 Å². The van der Waals surface area contributed by atoms with E-state index in [1.807, 2.05) is 18.2 Å². The number of carbonyl (C=O) groups excluding carboxylic acids is 1. The lowest BCUT2D eigenvalue weighted by Gasteiger charge is -2.26. The fraction of sp³-hybridized carbons (Fsp3) is 0.435. The molecule has 4 rings (SSSR count). The van der Waals surface area contributed by atoms with Crippen LogP contribution in [0.25, 0.3) is 0 Å². The molecule has 2 aromatic carbocycles. The molecule has 0 saturated carbocycles. The number of benzene rings is 2. The van der Waals surface area contributed by atoms with E-state index in [0.717, 1.165) is 28.5 Å². The molecule has 2 aliphatic rings. The normalized spacial score (nSPS) is 16.4. The molecule has 29 heavy (non-hydrogen) atoms. The lowest BCUT2D eigenvalue weighted by atomic mass is 10.1. The minimum absolute atomic E-state index is 0.0299. The van der Waals surface area contributed by atoms with Gasteiger partial charge in [0, 0.05) is 18.0 Å². The van der Waals surface area contributed by atoms with Crippen molar-refractivity contribution in [2.24, 2.45) is 0 Å². The molecular weight excluding hydrogens is 384 g/mol. The van der Waals surface area contributed by atoms with Gasteiger partial charge in [-0.15, -0.1) is 11.8 Å². The topological polar surface area (TPSA) is 50.8 Å². The van der Waals surface area contributed by atoms with Crippen molar-refractivity contribution >= 4 is 17.7 Å². The molecule has 1 amide bonds. The minimum atomic E-state index is 0.0299. The molecule has 0 aliphatic carbocycles. The van der Waals surface area contributed by atoms with Crippen molar-refractivity contribution in [2.75, 3.05) is 32.1 Å². The largest absolute Gasteiger partial charge is 0.486 e. The minimum Gasteiger partial charge on any atom is -0.486 e. The van der Waals surface area contributed by atoms with Crippen molar-refractivity contribution in [2.45, 2.75) is 37.2 Å². The first-order chi connectivity index (χ1) is 14.3. The molecule has 5 nitrogen and oxygen atoms in total. The molecule has 2 heterocycles. The zero-order valence-corrected chi connectivity index (χ0v) is 17.5. The number of hydrogen-bond donors (Lipinski definition) is 1. The molecule has 0 spiro atoms. The Labute approximate surface area is 176 Å². The molecule has 0 unspecified atom stereocenters. The van der Waals surface area contributed by atoms with Crippen molar-refractivity contribution < 1.29 is 14.3 Å². The zero-order valence-electron chi connectivity index (χ0n) is 16.7. The highest BCUT2D eigenvalue weighted by Crippen LogP contribution is 2.34. The van der Waals surface area contributed by atoms with Crippen molar-refractivity contribution in [1.29, 1.82) is 0 Å². The van der Waals surface area contributed by atoms with E-state index in [2.05, 4.69) is 34.5 Å². The van der Waals surface area contributed by atoms with Gasteiger partial charge in [0.05, 0.1) is 5.75 Å². The number of amides is 1. The van der Waals surface area contributed by atoms with Gasteiger partial charge in [-0.25, -0.2) is 0 Å². The Kier molecular flexibility index (Phi) is 6.96. The number of rotatable bonds is 7. The number of fused-ring (bicyclic) bond motifs is 1. The summed E-state index contributed by atoms with van der Waals surface area (Å²) in [5.41, 5.74) is 2.47. The summed E-state index contributed by atoms with van der Waals surface area (Å²) in [5.74, 6) is 1.94. The maximum absolute atomic E-state index is 12.2. The average molecular weight is 413 g/mol. The van der Waals surface area contributed by atoms with E-state index < -0.39 is 0 Å². The Hall–Kier alpha value is -2.18. The maximum atomic E-state index is 12.2. The first-order valence-corrected chi connectivity index (χ1v) is 11.3. The second-order valence-corrected chi connectivity index (χ2v) is 8.57. The van der Waals surface area contributed by atoms with Gasteiger partial charge in [-0.05, 0) is 55.3 Å². The smallest absolute Gasteiger partial charge is 0.230 e. The van der Waals surface area contributed by atoms with Crippen molar-refractivity contribution in [3.05, 3.63) is 53.6 Å². The first kappa shape index (κ1) is 20.1. The van der Waals surface area contributed by atoms with E-state index in [1.54, 1.807) is 0 Å². The molecule has 1 N–H and O–H groups in total. The molecule has 2 aromatic rings. The first-order valence-electron chi connectivity index (χ1n) is 10.4. The molecule has 1 saturated heterocycles. The van der Waals surface area contributed by atoms with E-state index in [1.165, 1.54) is 49.7 Å². The highest BCUT2D eigenvalue weighted by atomic mass is 32.2. The van der Waals surface area contributed by atoms with Crippen LogP contribution >= 0.6 is 11.8 Å². The van der Waals surface area contributed by atoms with Crippen LogP contribution in [-0.2, 0) is 17.9 Å². The van der Waals surface area contributed by atoms with Crippen LogP contribution in [0.1, 0.15) is 30.4 Å². The van der Waals surface area contributed by atoms with Gasteiger partial charge in [-0.2, -0.15) is 0 Å². The van der Waals surface area contributed by atoms with Gasteiger partial charge in [0.2, 0.25) is 5.91 Å². The predicted molar refractivity (Wildman–Crippen MR) is 116 cm³/mol. The van der Waals surface area contributed by atoms with Gasteiger partial charge in [-0.3, -0.25) is 9.69 Å². The molecule has 0 bridgehead atoms. The Morgan fingerprint density at radius 3 is 2.45 bits per heavy atom. The standard InChI is InChI=1S/C23H28N2O3S/c26-23(17-29-20-8-9-21-22(14-20)28-13-12-27-21)24-15-18-4-6-19(7-5-18)16-25-10-2-1-3-11-25/h4-9,14H,1-3,10-13,15-17H2,(H,24,26). The monoisotopic (exact) mass is 412 g/mol. The summed E-state index contributed by atoms with van der Waals surface area (Å²) in [4.78, 5) is 15.7. The van der Waals surface area contributed by atoms with Crippen LogP contribution in [0.3, 0.4) is 0 Å². The SMILES string of the molecule is O=C(CSc1ccc2c(c1)OCCO2)NCc1ccc(CN2CCCCC2)cc1. The van der Waals surface area contributed by atoms with Gasteiger partial charge in [0.1, 0.15) is 13.2 Å². The second kappa shape index (κ2) is 10.0. The van der Waals surface area contributed by atoms with Crippen molar-refractivity contribution in [3.63, 3.8) is 0 Å². The fourth-order valence-corrected chi connectivity index (χ4v) is 4.41. The molecule has 0 aromatic heterocycles. The predicted octanol–water partition coefficient (Wildman–Crippen LogP) is 3.85. The van der Waals surface area contributed by atoms with Gasteiger partial charge >= 0.3 is 0 Å². The third kappa shape index (κ3) is 5.90. The number of ether oxygens (including phenoxy) is 2. The third-order valence-electron chi connectivity index (χ3n) is 5.25. The van der Waals surface area contributed by atoms with Crippen LogP contribution in [0.15, 0.2) is 47.4 Å². The molecular formula is C23H28N2O3S. The summed E-state index contributed by atoms with van der Waals surface area (Å²) in [6, 6.07) is 14.4. The van der Waals surface area contributed by atoms with Crippen LogP contribution < -0.4 is 14.8 Å².